The van der Waals surface area contributed by atoms with Crippen LogP contribution >= 0.6 is 23.2 Å². The number of pyridine rings is 1. The van der Waals surface area contributed by atoms with Gasteiger partial charge < -0.3 is 14.6 Å². The van der Waals surface area contributed by atoms with Gasteiger partial charge >= 0.3 is 0 Å². The van der Waals surface area contributed by atoms with Crippen molar-refractivity contribution in [2.75, 3.05) is 17.3 Å². The summed E-state index contributed by atoms with van der Waals surface area (Å²) in [5, 5.41) is 3.40. The normalized spacial score (nSPS) is 19.2. The molecular formula is C30H24Cl2FN5O3. The molecule has 1 N–H and O–H groups in total. The maximum Gasteiger partial charge on any atom is 0.280 e. The molecule has 2 aromatic carbocycles. The number of hydrogen-bond donors (Lipinski definition) is 1. The van der Waals surface area contributed by atoms with Gasteiger partial charge in [0.2, 0.25) is 0 Å². The Morgan fingerprint density at radius 2 is 1.88 bits per heavy atom. The zero-order chi connectivity index (χ0) is 28.8. The molecule has 0 saturated heterocycles. The van der Waals surface area contributed by atoms with Crippen molar-refractivity contribution in [3.05, 3.63) is 87.2 Å². The molecule has 4 aromatic rings. The molecule has 2 aliphatic heterocycles. The fraction of sp³-hybridized carbons (Fsp3) is 0.267. The minimum absolute atomic E-state index is 0.0698. The lowest BCUT2D eigenvalue weighted by Gasteiger charge is -2.35. The number of anilines is 2. The number of carbonyl (C=O) groups excluding carboxylic acids is 2. The number of hydrogen-bond acceptors (Lipinski definition) is 5. The van der Waals surface area contributed by atoms with E-state index in [2.05, 4.69) is 10.3 Å². The second-order valence-corrected chi connectivity index (χ2v) is 11.7. The van der Waals surface area contributed by atoms with Gasteiger partial charge in [0, 0.05) is 51.2 Å². The molecule has 11 heteroatoms. The standard InChI is InChI=1S/C30H24Cl2FN5O3/c1-14(2)37-26-25(36-27(37)20-13-34-22(15-4-5-15)12-24(20)41-3)28(39)38(19-9-17(32)8-18(33)11-19)30(26)21-7-6-16(31)10-23(21)35-29(30)40/h6-15H,4-5H2,1-3H3,(H,35,40)/t30-/m1/s1. The monoisotopic (exact) mass is 591 g/mol. The Bertz CT molecular complexity index is 1780. The van der Waals surface area contributed by atoms with Gasteiger partial charge in [-0.1, -0.05) is 29.3 Å². The highest BCUT2D eigenvalue weighted by atomic mass is 35.5. The summed E-state index contributed by atoms with van der Waals surface area (Å²) < 4.78 is 22.3. The number of aromatic nitrogens is 3. The van der Waals surface area contributed by atoms with Gasteiger partial charge in [0.05, 0.1) is 24.1 Å². The van der Waals surface area contributed by atoms with Crippen LogP contribution < -0.4 is 15.0 Å². The van der Waals surface area contributed by atoms with Crippen LogP contribution in [0.2, 0.25) is 10.0 Å². The Morgan fingerprint density at radius 1 is 1.10 bits per heavy atom. The molecule has 0 unspecified atom stereocenters. The first-order valence-electron chi connectivity index (χ1n) is 13.2. The van der Waals surface area contributed by atoms with Gasteiger partial charge in [-0.2, -0.15) is 0 Å². The van der Waals surface area contributed by atoms with Gasteiger partial charge in [0.25, 0.3) is 11.8 Å². The maximum absolute atomic E-state index is 14.7. The Labute approximate surface area is 245 Å². The number of rotatable bonds is 5. The topological polar surface area (TPSA) is 89.3 Å². The van der Waals surface area contributed by atoms with E-state index in [1.54, 1.807) is 31.5 Å². The Morgan fingerprint density at radius 3 is 2.56 bits per heavy atom. The highest BCUT2D eigenvalue weighted by Crippen LogP contribution is 2.55. The number of ether oxygens (including phenoxy) is 1. The molecule has 2 aromatic heterocycles. The highest BCUT2D eigenvalue weighted by Gasteiger charge is 2.64. The van der Waals surface area contributed by atoms with E-state index in [0.717, 1.165) is 24.6 Å². The molecule has 7 rings (SSSR count). The summed E-state index contributed by atoms with van der Waals surface area (Å²) in [5.74, 6) is -0.280. The second kappa shape index (κ2) is 9.03. The third-order valence-electron chi connectivity index (χ3n) is 7.91. The number of fused-ring (bicyclic) bond motifs is 4. The molecule has 1 spiro atoms. The average molecular weight is 592 g/mol. The van der Waals surface area contributed by atoms with Gasteiger partial charge in [-0.05, 0) is 57.0 Å². The fourth-order valence-corrected chi connectivity index (χ4v) is 6.47. The summed E-state index contributed by atoms with van der Waals surface area (Å²) >= 11 is 12.5. The summed E-state index contributed by atoms with van der Waals surface area (Å²) in [7, 11) is 1.58. The van der Waals surface area contributed by atoms with E-state index in [0.29, 0.717) is 45.0 Å². The van der Waals surface area contributed by atoms with Gasteiger partial charge in [-0.3, -0.25) is 19.5 Å². The van der Waals surface area contributed by atoms with E-state index in [-0.39, 0.29) is 22.4 Å². The first kappa shape index (κ1) is 26.0. The van der Waals surface area contributed by atoms with Crippen LogP contribution in [0.15, 0.2) is 48.7 Å². The molecule has 208 valence electrons. The third-order valence-corrected chi connectivity index (χ3v) is 8.36. The van der Waals surface area contributed by atoms with Gasteiger partial charge in [-0.25, -0.2) is 9.37 Å². The van der Waals surface area contributed by atoms with E-state index in [4.69, 9.17) is 32.9 Å². The Hall–Kier alpha value is -3.95. The van der Waals surface area contributed by atoms with Gasteiger partial charge in [0.1, 0.15) is 17.4 Å². The lowest BCUT2D eigenvalue weighted by Crippen LogP contribution is -2.51. The Kier molecular flexibility index (Phi) is 5.72. The van der Waals surface area contributed by atoms with Crippen molar-refractivity contribution >= 4 is 46.4 Å². The highest BCUT2D eigenvalue weighted by molar-refractivity contribution is 6.32. The summed E-state index contributed by atoms with van der Waals surface area (Å²) in [6.45, 7) is 3.89. The van der Waals surface area contributed by atoms with Gasteiger partial charge in [-0.15, -0.1) is 0 Å². The number of nitrogens with zero attached hydrogens (tertiary/aromatic N) is 4. The number of amides is 2. The molecule has 0 bridgehead atoms. The molecule has 3 aliphatic rings. The number of benzene rings is 2. The van der Waals surface area contributed by atoms with Crippen molar-refractivity contribution in [1.82, 2.24) is 14.5 Å². The number of halogens is 3. The van der Waals surface area contributed by atoms with E-state index >= 15 is 0 Å². The largest absolute Gasteiger partial charge is 0.496 e. The van der Waals surface area contributed by atoms with Crippen molar-refractivity contribution < 1.29 is 18.7 Å². The smallest absolute Gasteiger partial charge is 0.280 e. The van der Waals surface area contributed by atoms with Crippen molar-refractivity contribution in [3.63, 3.8) is 0 Å². The molecular weight excluding hydrogens is 568 g/mol. The van der Waals surface area contributed by atoms with Crippen LogP contribution in [0, 0.1) is 5.82 Å². The van der Waals surface area contributed by atoms with E-state index in [9.17, 15) is 14.0 Å². The number of nitrogens with one attached hydrogen (secondary N) is 1. The predicted molar refractivity (Wildman–Crippen MR) is 153 cm³/mol. The van der Waals surface area contributed by atoms with E-state index in [1.165, 1.54) is 17.0 Å². The summed E-state index contributed by atoms with van der Waals surface area (Å²) in [4.78, 5) is 39.4. The minimum atomic E-state index is -1.71. The zero-order valence-corrected chi connectivity index (χ0v) is 23.8. The SMILES string of the molecule is COc1cc(C2CC2)ncc1-c1nc2c(n1C(C)C)[C@]1(C(=O)Nc3cc(Cl)ccc31)N(c1cc(F)cc(Cl)c1)C2=O. The molecule has 1 saturated carbocycles. The third kappa shape index (κ3) is 3.65. The lowest BCUT2D eigenvalue weighted by atomic mass is 9.87. The molecule has 1 atom stereocenters. The number of imidazole rings is 1. The quantitative estimate of drug-likeness (QED) is 0.278. The second-order valence-electron chi connectivity index (χ2n) is 10.8. The summed E-state index contributed by atoms with van der Waals surface area (Å²) in [6, 6.07) is 10.4. The molecule has 1 aliphatic carbocycles. The fourth-order valence-electron chi connectivity index (χ4n) is 6.08. The zero-order valence-electron chi connectivity index (χ0n) is 22.3. The van der Waals surface area contributed by atoms with E-state index < -0.39 is 23.2 Å². The first-order chi connectivity index (χ1) is 19.6. The van der Waals surface area contributed by atoms with Crippen LogP contribution in [-0.2, 0) is 10.3 Å². The van der Waals surface area contributed by atoms with E-state index in [1.807, 2.05) is 24.5 Å². The Balaban J connectivity index is 1.55. The molecule has 8 nitrogen and oxygen atoms in total. The van der Waals surface area contributed by atoms with Crippen LogP contribution in [0.3, 0.4) is 0 Å². The van der Waals surface area contributed by atoms with Crippen molar-refractivity contribution in [3.8, 4) is 17.1 Å². The lowest BCUT2D eigenvalue weighted by molar-refractivity contribution is -0.119. The molecule has 41 heavy (non-hydrogen) atoms. The number of methoxy groups -OCH3 is 1. The summed E-state index contributed by atoms with van der Waals surface area (Å²) in [6.07, 6.45) is 3.88. The molecule has 0 radical (unpaired) electrons. The molecule has 1 fully saturated rings. The average Bonchev–Trinajstić information content (AvgIpc) is 3.57. The predicted octanol–water partition coefficient (Wildman–Crippen LogP) is 6.71. The van der Waals surface area contributed by atoms with Crippen LogP contribution in [-0.4, -0.2) is 33.5 Å². The van der Waals surface area contributed by atoms with Crippen LogP contribution in [0.4, 0.5) is 15.8 Å². The molecule has 2 amide bonds. The van der Waals surface area contributed by atoms with Gasteiger partial charge in [0.15, 0.2) is 11.2 Å². The number of carbonyl (C=O) groups is 2. The maximum atomic E-state index is 14.7. The van der Waals surface area contributed by atoms with Crippen LogP contribution in [0.1, 0.15) is 66.1 Å². The van der Waals surface area contributed by atoms with Crippen LogP contribution in [0.25, 0.3) is 11.4 Å². The van der Waals surface area contributed by atoms with Crippen molar-refractivity contribution in [1.29, 1.82) is 0 Å². The van der Waals surface area contributed by atoms with Crippen molar-refractivity contribution in [2.45, 2.75) is 44.2 Å². The molecule has 4 heterocycles. The van der Waals surface area contributed by atoms with Crippen molar-refractivity contribution in [2.24, 2.45) is 0 Å². The summed E-state index contributed by atoms with van der Waals surface area (Å²) in [5.41, 5.74) is 1.32. The van der Waals surface area contributed by atoms with Crippen LogP contribution in [0.5, 0.6) is 5.75 Å². The minimum Gasteiger partial charge on any atom is -0.496 e. The first-order valence-corrected chi connectivity index (χ1v) is 14.0.